The number of rotatable bonds is 4. The Morgan fingerprint density at radius 3 is 3.05 bits per heavy atom. The number of anilines is 1. The molecule has 2 heterocycles. The number of aromatic nitrogens is 2. The standard InChI is InChI=1S/C14H18N4O/c1-18(9-12-7-14(15)17-16-12)8-10-2-3-13-11(6-10)4-5-19-13/h2-3,6-7H,4-5,8-9H2,1H3,(H3,15,16,17). The van der Waals surface area contributed by atoms with Crippen LogP contribution >= 0.6 is 0 Å². The molecule has 0 bridgehead atoms. The molecule has 5 heteroatoms. The van der Waals surface area contributed by atoms with Gasteiger partial charge in [0.15, 0.2) is 0 Å². The lowest BCUT2D eigenvalue weighted by Gasteiger charge is -2.16. The Morgan fingerprint density at radius 1 is 1.37 bits per heavy atom. The molecule has 19 heavy (non-hydrogen) atoms. The zero-order valence-electron chi connectivity index (χ0n) is 11.0. The lowest BCUT2D eigenvalue weighted by Crippen LogP contribution is -2.17. The molecule has 0 saturated heterocycles. The first-order valence-electron chi connectivity index (χ1n) is 6.43. The SMILES string of the molecule is CN(Cc1ccc2c(c1)CCO2)Cc1cc(N)n[nH]1. The number of nitrogens with zero attached hydrogens (tertiary/aromatic N) is 2. The fourth-order valence-corrected chi connectivity index (χ4v) is 2.46. The first-order valence-corrected chi connectivity index (χ1v) is 6.43. The molecule has 0 amide bonds. The number of fused-ring (bicyclic) bond motifs is 1. The molecule has 1 aliphatic rings. The second kappa shape index (κ2) is 4.93. The van der Waals surface area contributed by atoms with E-state index >= 15 is 0 Å². The van der Waals surface area contributed by atoms with Crippen LogP contribution < -0.4 is 10.5 Å². The summed E-state index contributed by atoms with van der Waals surface area (Å²) in [7, 11) is 2.08. The molecule has 0 atom stereocenters. The molecular formula is C14H18N4O. The normalized spacial score (nSPS) is 13.6. The number of nitrogens with one attached hydrogen (secondary N) is 1. The van der Waals surface area contributed by atoms with Crippen LogP contribution in [0.3, 0.4) is 0 Å². The third-order valence-electron chi connectivity index (χ3n) is 3.30. The maximum atomic E-state index is 5.59. The molecule has 0 aliphatic carbocycles. The summed E-state index contributed by atoms with van der Waals surface area (Å²) < 4.78 is 5.52. The van der Waals surface area contributed by atoms with Crippen LogP contribution in [0.4, 0.5) is 5.82 Å². The summed E-state index contributed by atoms with van der Waals surface area (Å²) in [6.07, 6.45) is 1.02. The zero-order valence-corrected chi connectivity index (χ0v) is 11.0. The van der Waals surface area contributed by atoms with Crippen LogP contribution in [0.5, 0.6) is 5.75 Å². The average molecular weight is 258 g/mol. The van der Waals surface area contributed by atoms with E-state index in [-0.39, 0.29) is 0 Å². The molecule has 0 radical (unpaired) electrons. The smallest absolute Gasteiger partial charge is 0.145 e. The number of aromatic amines is 1. The first kappa shape index (κ1) is 12.0. The van der Waals surface area contributed by atoms with Gasteiger partial charge >= 0.3 is 0 Å². The van der Waals surface area contributed by atoms with Gasteiger partial charge in [0.05, 0.1) is 12.3 Å². The van der Waals surface area contributed by atoms with E-state index in [1.807, 2.05) is 6.07 Å². The van der Waals surface area contributed by atoms with Crippen LogP contribution in [-0.2, 0) is 19.5 Å². The van der Waals surface area contributed by atoms with E-state index in [1.54, 1.807) is 0 Å². The van der Waals surface area contributed by atoms with E-state index < -0.39 is 0 Å². The van der Waals surface area contributed by atoms with Gasteiger partial charge in [-0.05, 0) is 24.2 Å². The Hall–Kier alpha value is -2.01. The maximum Gasteiger partial charge on any atom is 0.145 e. The summed E-state index contributed by atoms with van der Waals surface area (Å²) >= 11 is 0. The minimum absolute atomic E-state index is 0.540. The summed E-state index contributed by atoms with van der Waals surface area (Å²) in [5.74, 6) is 1.57. The van der Waals surface area contributed by atoms with Crippen molar-refractivity contribution < 1.29 is 4.74 Å². The first-order chi connectivity index (χ1) is 9.20. The Labute approximate surface area is 112 Å². The number of benzene rings is 1. The monoisotopic (exact) mass is 258 g/mol. The molecule has 0 saturated carbocycles. The van der Waals surface area contributed by atoms with Gasteiger partial charge in [0, 0.05) is 25.6 Å². The summed E-state index contributed by atoms with van der Waals surface area (Å²) in [6.45, 7) is 2.51. The predicted octanol–water partition coefficient (Wildman–Crippen LogP) is 1.56. The molecule has 1 aliphatic heterocycles. The van der Waals surface area contributed by atoms with Gasteiger partial charge in [0.1, 0.15) is 11.6 Å². The molecule has 1 aromatic heterocycles. The minimum Gasteiger partial charge on any atom is -0.493 e. The molecule has 0 fully saturated rings. The molecule has 100 valence electrons. The lowest BCUT2D eigenvalue weighted by atomic mass is 10.1. The van der Waals surface area contributed by atoms with Crippen LogP contribution in [0, 0.1) is 0 Å². The van der Waals surface area contributed by atoms with Gasteiger partial charge in [-0.2, -0.15) is 5.10 Å². The lowest BCUT2D eigenvalue weighted by molar-refractivity contribution is 0.314. The molecule has 1 aromatic carbocycles. The van der Waals surface area contributed by atoms with Crippen LogP contribution in [0.15, 0.2) is 24.3 Å². The van der Waals surface area contributed by atoms with Gasteiger partial charge in [-0.25, -0.2) is 0 Å². The largest absolute Gasteiger partial charge is 0.493 e. The fraction of sp³-hybridized carbons (Fsp3) is 0.357. The van der Waals surface area contributed by atoms with E-state index in [4.69, 9.17) is 10.5 Å². The van der Waals surface area contributed by atoms with E-state index in [0.29, 0.717) is 5.82 Å². The molecule has 3 rings (SSSR count). The summed E-state index contributed by atoms with van der Waals surface area (Å²) in [4.78, 5) is 2.23. The van der Waals surface area contributed by atoms with Crippen molar-refractivity contribution in [3.8, 4) is 5.75 Å². The van der Waals surface area contributed by atoms with Crippen LogP contribution in [0.25, 0.3) is 0 Å². The Kier molecular flexibility index (Phi) is 3.13. The Morgan fingerprint density at radius 2 is 2.26 bits per heavy atom. The van der Waals surface area contributed by atoms with Gasteiger partial charge in [-0.1, -0.05) is 12.1 Å². The molecule has 5 nitrogen and oxygen atoms in total. The van der Waals surface area contributed by atoms with Crippen molar-refractivity contribution in [2.45, 2.75) is 19.5 Å². The van der Waals surface area contributed by atoms with Gasteiger partial charge in [0.2, 0.25) is 0 Å². The zero-order chi connectivity index (χ0) is 13.2. The number of ether oxygens (including phenoxy) is 1. The third-order valence-corrected chi connectivity index (χ3v) is 3.30. The van der Waals surface area contributed by atoms with Crippen molar-refractivity contribution >= 4 is 5.82 Å². The van der Waals surface area contributed by atoms with Crippen molar-refractivity contribution in [3.63, 3.8) is 0 Å². The number of nitrogens with two attached hydrogens (primary N) is 1. The molecular weight excluding hydrogens is 240 g/mol. The number of H-pyrrole nitrogens is 1. The van der Waals surface area contributed by atoms with E-state index in [2.05, 4.69) is 40.3 Å². The highest BCUT2D eigenvalue weighted by Crippen LogP contribution is 2.26. The van der Waals surface area contributed by atoms with Gasteiger partial charge in [-0.15, -0.1) is 0 Å². The summed E-state index contributed by atoms with van der Waals surface area (Å²) in [6, 6.07) is 8.30. The van der Waals surface area contributed by atoms with Crippen molar-refractivity contribution in [1.29, 1.82) is 0 Å². The second-order valence-electron chi connectivity index (χ2n) is 5.03. The van der Waals surface area contributed by atoms with Crippen molar-refractivity contribution in [3.05, 3.63) is 41.1 Å². The topological polar surface area (TPSA) is 67.2 Å². The average Bonchev–Trinajstić information content (AvgIpc) is 2.97. The fourth-order valence-electron chi connectivity index (χ4n) is 2.46. The van der Waals surface area contributed by atoms with Crippen LogP contribution in [0.1, 0.15) is 16.8 Å². The second-order valence-corrected chi connectivity index (χ2v) is 5.03. The van der Waals surface area contributed by atoms with E-state index in [9.17, 15) is 0 Å². The Balaban J connectivity index is 1.64. The molecule has 0 unspecified atom stereocenters. The highest BCUT2D eigenvalue weighted by atomic mass is 16.5. The van der Waals surface area contributed by atoms with Gasteiger partial charge in [0.25, 0.3) is 0 Å². The molecule has 3 N–H and O–H groups in total. The maximum absolute atomic E-state index is 5.59. The summed E-state index contributed by atoms with van der Waals surface area (Å²) in [5, 5.41) is 6.86. The van der Waals surface area contributed by atoms with Gasteiger partial charge < -0.3 is 10.5 Å². The molecule has 2 aromatic rings. The highest BCUT2D eigenvalue weighted by Gasteiger charge is 2.12. The predicted molar refractivity (Wildman–Crippen MR) is 73.8 cm³/mol. The number of hydrogen-bond donors (Lipinski definition) is 2. The Bertz CT molecular complexity index is 579. The van der Waals surface area contributed by atoms with Crippen molar-refractivity contribution in [2.24, 2.45) is 0 Å². The quantitative estimate of drug-likeness (QED) is 0.873. The van der Waals surface area contributed by atoms with E-state index in [0.717, 1.165) is 37.6 Å². The van der Waals surface area contributed by atoms with Crippen LogP contribution in [0.2, 0.25) is 0 Å². The van der Waals surface area contributed by atoms with Crippen molar-refractivity contribution in [1.82, 2.24) is 15.1 Å². The minimum atomic E-state index is 0.540. The number of hydrogen-bond acceptors (Lipinski definition) is 4. The van der Waals surface area contributed by atoms with E-state index in [1.165, 1.54) is 11.1 Å². The third kappa shape index (κ3) is 2.71. The van der Waals surface area contributed by atoms with Crippen molar-refractivity contribution in [2.75, 3.05) is 19.4 Å². The van der Waals surface area contributed by atoms with Gasteiger partial charge in [-0.3, -0.25) is 10.00 Å². The summed E-state index contributed by atoms with van der Waals surface area (Å²) in [5.41, 5.74) is 9.25. The number of nitrogen functional groups attached to an aromatic ring is 1. The molecule has 0 spiro atoms. The van der Waals surface area contributed by atoms with Crippen LogP contribution in [-0.4, -0.2) is 28.8 Å². The highest BCUT2D eigenvalue weighted by molar-refractivity contribution is 5.39.